The van der Waals surface area contributed by atoms with Crippen LogP contribution in [-0.2, 0) is 47.8 Å². The van der Waals surface area contributed by atoms with Crippen molar-refractivity contribution < 1.29 is 47.8 Å². The van der Waals surface area contributed by atoms with Crippen molar-refractivity contribution in [3.05, 3.63) is 34.5 Å². The van der Waals surface area contributed by atoms with Gasteiger partial charge in [-0.1, -0.05) is 11.2 Å². The average molecular weight is 624 g/mol. The first-order valence-electron chi connectivity index (χ1n) is 12.3. The average Bonchev–Trinajstić information content (AvgIpc) is 3.33. The van der Waals surface area contributed by atoms with E-state index >= 15 is 0 Å². The zero-order chi connectivity index (χ0) is 31.2. The lowest BCUT2D eigenvalue weighted by Gasteiger charge is -2.49. The normalized spacial score (nSPS) is 18.6. The maximum Gasteiger partial charge on any atom is 0.358 e. The molecule has 15 nitrogen and oxygen atoms in total. The van der Waals surface area contributed by atoms with Crippen LogP contribution in [0.1, 0.15) is 40.3 Å². The van der Waals surface area contributed by atoms with Crippen LogP contribution in [0.25, 0.3) is 0 Å². The number of allylic oxidation sites excluding steroid dienone is 1. The predicted octanol–water partition coefficient (Wildman–Crippen LogP) is 0.856. The zero-order valence-corrected chi connectivity index (χ0v) is 25.0. The van der Waals surface area contributed by atoms with Gasteiger partial charge in [0.15, 0.2) is 10.8 Å². The lowest BCUT2D eigenvalue weighted by Crippen LogP contribution is -2.71. The number of hydrogen-bond donors (Lipinski definition) is 2. The Morgan fingerprint density at radius 1 is 1.17 bits per heavy atom. The summed E-state index contributed by atoms with van der Waals surface area (Å²) in [5.41, 5.74) is 4.73. The number of nitrogens with zero attached hydrogens (tertiary/aromatic N) is 3. The monoisotopic (exact) mass is 623 g/mol. The fraction of sp³-hybridized carbons (Fsp3) is 0.440. The molecule has 0 aromatic carbocycles. The molecule has 1 aromatic heterocycles. The Hall–Kier alpha value is -4.25. The van der Waals surface area contributed by atoms with E-state index in [0.717, 1.165) is 23.2 Å². The van der Waals surface area contributed by atoms with E-state index in [0.29, 0.717) is 5.57 Å². The van der Waals surface area contributed by atoms with Gasteiger partial charge in [0.05, 0.1) is 5.41 Å². The fourth-order valence-corrected chi connectivity index (χ4v) is 5.32. The lowest BCUT2D eigenvalue weighted by atomic mass is 9.98. The lowest BCUT2D eigenvalue weighted by molar-refractivity contribution is -0.173. The first-order valence-corrected chi connectivity index (χ1v) is 14.2. The van der Waals surface area contributed by atoms with Gasteiger partial charge in [0.25, 0.3) is 11.8 Å². The third-order valence-electron chi connectivity index (χ3n) is 5.42. The molecule has 0 aliphatic carbocycles. The number of thiazole rings is 1. The van der Waals surface area contributed by atoms with Gasteiger partial charge >= 0.3 is 23.9 Å². The number of esters is 3. The van der Waals surface area contributed by atoms with Crippen molar-refractivity contribution in [1.29, 1.82) is 0 Å². The van der Waals surface area contributed by atoms with E-state index in [4.69, 9.17) is 19.9 Å². The second kappa shape index (κ2) is 13.6. The molecule has 0 unspecified atom stereocenters. The van der Waals surface area contributed by atoms with Gasteiger partial charge in [-0.15, -0.1) is 23.1 Å². The number of carbonyl (C=O) groups excluding carboxylic acids is 6. The Bertz CT molecular complexity index is 1380. The third-order valence-corrected chi connectivity index (χ3v) is 7.39. The largest absolute Gasteiger partial charge is 0.462 e. The van der Waals surface area contributed by atoms with E-state index in [-0.39, 0.29) is 34.6 Å². The van der Waals surface area contributed by atoms with Gasteiger partial charge in [-0.05, 0) is 32.4 Å². The predicted molar refractivity (Wildman–Crippen MR) is 149 cm³/mol. The van der Waals surface area contributed by atoms with Crippen LogP contribution in [0, 0.1) is 5.41 Å². The quantitative estimate of drug-likeness (QED) is 0.0927. The van der Waals surface area contributed by atoms with Crippen molar-refractivity contribution in [3.8, 4) is 0 Å². The van der Waals surface area contributed by atoms with Crippen molar-refractivity contribution >= 4 is 69.6 Å². The maximum absolute atomic E-state index is 13.3. The minimum atomic E-state index is -1.09. The summed E-state index contributed by atoms with van der Waals surface area (Å²) >= 11 is 2.27. The highest BCUT2D eigenvalue weighted by Crippen LogP contribution is 2.41. The van der Waals surface area contributed by atoms with Crippen molar-refractivity contribution in [2.75, 3.05) is 24.9 Å². The summed E-state index contributed by atoms with van der Waals surface area (Å²) in [7, 11) is 0. The molecule has 3 rings (SSSR count). The topological polar surface area (TPSA) is 206 Å². The highest BCUT2D eigenvalue weighted by atomic mass is 32.2. The summed E-state index contributed by atoms with van der Waals surface area (Å²) in [6, 6.07) is -1.09. The molecule has 0 radical (unpaired) electrons. The minimum Gasteiger partial charge on any atom is -0.462 e. The number of carbonyl (C=O) groups is 6. The molecular formula is C25H29N5O10S2. The second-order valence-electron chi connectivity index (χ2n) is 9.76. The SMILES string of the molecule is CC(=O)OC/C=C/C1=C(C(=O)OCOC(=O)C(C)(C)C)N2C(=O)[C@@H](NC(=O)/C(=N\OC(C)=O)c3csc(N)n3)[C@H]2SC1. The molecule has 1 aromatic rings. The highest BCUT2D eigenvalue weighted by molar-refractivity contribution is 8.00. The van der Waals surface area contributed by atoms with E-state index in [2.05, 4.69) is 20.3 Å². The summed E-state index contributed by atoms with van der Waals surface area (Å²) in [5.74, 6) is -4.13. The molecule has 2 atom stereocenters. The molecule has 42 heavy (non-hydrogen) atoms. The molecule has 2 aliphatic heterocycles. The van der Waals surface area contributed by atoms with Gasteiger partial charge in [-0.3, -0.25) is 24.1 Å². The molecule has 226 valence electrons. The van der Waals surface area contributed by atoms with E-state index in [9.17, 15) is 28.8 Å². The standard InChI is InChI=1S/C25H29N5O10S2/c1-12(31)37-8-6-7-14-9-41-21-17(28-19(33)16(29-40-13(2)32)15-10-42-24(26)27-15)20(34)30(21)18(14)22(35)38-11-39-23(36)25(3,4)5/h6-7,10,17,21H,8-9,11H2,1-5H3,(H2,26,27)(H,28,33)/b7-6+,29-16-/t17-,21-/m1/s1. The van der Waals surface area contributed by atoms with Gasteiger partial charge in [-0.2, -0.15) is 0 Å². The van der Waals surface area contributed by atoms with Gasteiger partial charge in [0.1, 0.15) is 29.4 Å². The number of anilines is 1. The Morgan fingerprint density at radius 2 is 1.88 bits per heavy atom. The Balaban J connectivity index is 1.81. The molecule has 3 heterocycles. The van der Waals surface area contributed by atoms with Crippen LogP contribution >= 0.6 is 23.1 Å². The smallest absolute Gasteiger partial charge is 0.358 e. The van der Waals surface area contributed by atoms with Crippen molar-refractivity contribution in [1.82, 2.24) is 15.2 Å². The molecule has 1 fully saturated rings. The van der Waals surface area contributed by atoms with Crippen LogP contribution in [0.3, 0.4) is 0 Å². The highest BCUT2D eigenvalue weighted by Gasteiger charge is 2.54. The minimum absolute atomic E-state index is 0.0327. The van der Waals surface area contributed by atoms with Crippen molar-refractivity contribution in [3.63, 3.8) is 0 Å². The van der Waals surface area contributed by atoms with Crippen LogP contribution in [-0.4, -0.2) is 81.9 Å². The first kappa shape index (κ1) is 32.3. The molecule has 0 saturated carbocycles. The van der Waals surface area contributed by atoms with Crippen LogP contribution in [0.2, 0.25) is 0 Å². The molecule has 0 bridgehead atoms. The molecule has 0 spiro atoms. The van der Waals surface area contributed by atoms with Gasteiger partial charge < -0.3 is 30.1 Å². The number of aromatic nitrogens is 1. The molecule has 1 saturated heterocycles. The van der Waals surface area contributed by atoms with Crippen LogP contribution in [0.4, 0.5) is 5.13 Å². The number of fused-ring (bicyclic) bond motifs is 1. The Labute approximate surface area is 248 Å². The van der Waals surface area contributed by atoms with Crippen LogP contribution < -0.4 is 11.1 Å². The number of rotatable bonds is 10. The molecule has 2 aliphatic rings. The van der Waals surface area contributed by atoms with E-state index in [1.165, 1.54) is 36.2 Å². The van der Waals surface area contributed by atoms with Gasteiger partial charge in [0.2, 0.25) is 6.79 Å². The van der Waals surface area contributed by atoms with Crippen LogP contribution in [0.5, 0.6) is 0 Å². The Morgan fingerprint density at radius 3 is 2.48 bits per heavy atom. The summed E-state index contributed by atoms with van der Waals surface area (Å²) in [6.45, 7) is 6.48. The van der Waals surface area contributed by atoms with Crippen molar-refractivity contribution in [2.45, 2.75) is 46.0 Å². The van der Waals surface area contributed by atoms with Crippen LogP contribution in [0.15, 0.2) is 34.0 Å². The summed E-state index contributed by atoms with van der Waals surface area (Å²) < 4.78 is 15.0. The number of β-lactam (4-membered cyclic amide) rings is 1. The number of nitrogen functional groups attached to an aromatic ring is 1. The fourth-order valence-electron chi connectivity index (χ4n) is 3.46. The Kier molecular flexibility index (Phi) is 10.5. The first-order chi connectivity index (χ1) is 19.7. The summed E-state index contributed by atoms with van der Waals surface area (Å²) in [4.78, 5) is 83.7. The molecule has 2 amide bonds. The number of hydrogen-bond acceptors (Lipinski definition) is 15. The maximum atomic E-state index is 13.3. The van der Waals surface area contributed by atoms with E-state index in [1.54, 1.807) is 20.8 Å². The molecule has 3 N–H and O–H groups in total. The summed E-state index contributed by atoms with van der Waals surface area (Å²) in [6.07, 6.45) is 3.00. The van der Waals surface area contributed by atoms with Gasteiger partial charge in [-0.25, -0.2) is 14.6 Å². The third kappa shape index (κ3) is 7.94. The number of thioether (sulfide) groups is 1. The number of amides is 2. The molecule has 17 heteroatoms. The number of nitrogens with one attached hydrogen (secondary N) is 1. The van der Waals surface area contributed by atoms with Crippen molar-refractivity contribution in [2.24, 2.45) is 10.6 Å². The van der Waals surface area contributed by atoms with Gasteiger partial charge in [0, 0.05) is 25.0 Å². The zero-order valence-electron chi connectivity index (χ0n) is 23.3. The number of nitrogens with two attached hydrogens (primary N) is 1. The molecular weight excluding hydrogens is 594 g/mol. The second-order valence-corrected chi connectivity index (χ2v) is 11.8. The van der Waals surface area contributed by atoms with E-state index in [1.807, 2.05) is 0 Å². The number of oxime groups is 1. The number of ether oxygens (including phenoxy) is 3. The van der Waals surface area contributed by atoms with E-state index < -0.39 is 59.3 Å². The summed E-state index contributed by atoms with van der Waals surface area (Å²) in [5, 5.41) is 6.95.